The Morgan fingerprint density at radius 3 is 2.81 bits per heavy atom. The molecule has 2 aliphatic rings. The highest BCUT2D eigenvalue weighted by molar-refractivity contribution is 6.10. The topological polar surface area (TPSA) is 90.2 Å². The molecule has 0 spiro atoms. The highest BCUT2D eigenvalue weighted by atomic mass is 16.4. The van der Waals surface area contributed by atoms with E-state index >= 15 is 0 Å². The van der Waals surface area contributed by atoms with Gasteiger partial charge in [0.05, 0.1) is 30.7 Å². The van der Waals surface area contributed by atoms with Gasteiger partial charge in [0.25, 0.3) is 0 Å². The molecule has 6 nitrogen and oxygen atoms in total. The first-order valence-corrected chi connectivity index (χ1v) is 5.36. The van der Waals surface area contributed by atoms with Gasteiger partial charge in [0, 0.05) is 0 Å². The van der Waals surface area contributed by atoms with Crippen LogP contribution in [0, 0.1) is 0 Å². The number of hydrogen-bond donors (Lipinski definition) is 2. The summed E-state index contributed by atoms with van der Waals surface area (Å²) in [5, 5.41) is 23.5. The molecule has 0 aromatic heterocycles. The Morgan fingerprint density at radius 2 is 2.25 bits per heavy atom. The quantitative estimate of drug-likeness (QED) is 0.706. The number of carboxylic acid groups (broad SMARTS) is 1. The second kappa shape index (κ2) is 4.21. The van der Waals surface area contributed by atoms with Crippen molar-refractivity contribution in [1.82, 2.24) is 5.01 Å². The largest absolute Gasteiger partial charge is 0.481 e. The van der Waals surface area contributed by atoms with E-state index in [2.05, 4.69) is 5.10 Å². The maximum Gasteiger partial charge on any atom is 0.309 e. The lowest BCUT2D eigenvalue weighted by Gasteiger charge is -2.22. The molecule has 2 rings (SSSR count). The zero-order valence-corrected chi connectivity index (χ0v) is 8.80. The van der Waals surface area contributed by atoms with Crippen LogP contribution in [-0.4, -0.2) is 45.0 Å². The second-order valence-electron chi connectivity index (χ2n) is 4.22. The molecule has 1 heterocycles. The monoisotopic (exact) mass is 226 g/mol. The van der Waals surface area contributed by atoms with Crippen molar-refractivity contribution in [2.24, 2.45) is 5.10 Å². The van der Waals surface area contributed by atoms with E-state index in [1.165, 1.54) is 5.01 Å². The van der Waals surface area contributed by atoms with Gasteiger partial charge in [-0.05, 0) is 19.3 Å². The summed E-state index contributed by atoms with van der Waals surface area (Å²) in [6, 6.07) is -0.265. The highest BCUT2D eigenvalue weighted by Crippen LogP contribution is 2.27. The molecule has 1 aliphatic heterocycles. The summed E-state index contributed by atoms with van der Waals surface area (Å²) >= 11 is 0. The average Bonchev–Trinajstić information content (AvgIpc) is 2.71. The van der Waals surface area contributed by atoms with Crippen LogP contribution in [0.25, 0.3) is 0 Å². The molecule has 0 bridgehead atoms. The third-order valence-electron chi connectivity index (χ3n) is 2.97. The molecule has 0 radical (unpaired) electrons. The third-order valence-corrected chi connectivity index (χ3v) is 2.97. The molecular weight excluding hydrogens is 212 g/mol. The number of amides is 1. The van der Waals surface area contributed by atoms with Crippen molar-refractivity contribution in [1.29, 1.82) is 0 Å². The van der Waals surface area contributed by atoms with Crippen LogP contribution in [0.3, 0.4) is 0 Å². The maximum atomic E-state index is 11.6. The molecule has 1 fully saturated rings. The van der Waals surface area contributed by atoms with Gasteiger partial charge < -0.3 is 10.2 Å². The van der Waals surface area contributed by atoms with Crippen LogP contribution in [0.5, 0.6) is 0 Å². The van der Waals surface area contributed by atoms with Gasteiger partial charge in [0.2, 0.25) is 5.91 Å². The molecule has 2 N–H and O–H groups in total. The zero-order valence-electron chi connectivity index (χ0n) is 8.80. The summed E-state index contributed by atoms with van der Waals surface area (Å²) < 4.78 is 0. The van der Waals surface area contributed by atoms with Crippen molar-refractivity contribution < 1.29 is 19.8 Å². The van der Waals surface area contributed by atoms with E-state index in [-0.39, 0.29) is 24.8 Å². The number of aliphatic carboxylic acids is 1. The number of hydrogen-bond acceptors (Lipinski definition) is 4. The fourth-order valence-corrected chi connectivity index (χ4v) is 2.24. The van der Waals surface area contributed by atoms with Gasteiger partial charge in [-0.1, -0.05) is 0 Å². The van der Waals surface area contributed by atoms with Crippen molar-refractivity contribution in [2.75, 3.05) is 0 Å². The van der Waals surface area contributed by atoms with E-state index in [1.54, 1.807) is 0 Å². The Bertz CT molecular complexity index is 353. The van der Waals surface area contributed by atoms with Crippen molar-refractivity contribution in [3.63, 3.8) is 0 Å². The van der Waals surface area contributed by atoms with E-state index in [0.717, 1.165) is 12.8 Å². The number of nitrogens with zero attached hydrogens (tertiary/aromatic N) is 2. The number of hydrazone groups is 1. The Balaban J connectivity index is 2.07. The summed E-state index contributed by atoms with van der Waals surface area (Å²) in [7, 11) is 0. The average molecular weight is 226 g/mol. The van der Waals surface area contributed by atoms with E-state index in [9.17, 15) is 14.7 Å². The van der Waals surface area contributed by atoms with Crippen molar-refractivity contribution in [3.05, 3.63) is 0 Å². The molecule has 1 saturated carbocycles. The zero-order chi connectivity index (χ0) is 11.7. The Labute approximate surface area is 92.5 Å². The first kappa shape index (κ1) is 11.1. The van der Waals surface area contributed by atoms with Crippen LogP contribution >= 0.6 is 0 Å². The number of carbonyl (C=O) groups is 2. The first-order chi connectivity index (χ1) is 7.58. The van der Waals surface area contributed by atoms with Gasteiger partial charge in [0.1, 0.15) is 0 Å². The molecule has 16 heavy (non-hydrogen) atoms. The van der Waals surface area contributed by atoms with Gasteiger partial charge >= 0.3 is 5.97 Å². The summed E-state index contributed by atoms with van der Waals surface area (Å²) in [6.45, 7) is 0. The molecule has 2 atom stereocenters. The predicted molar refractivity (Wildman–Crippen MR) is 54.8 cm³/mol. The van der Waals surface area contributed by atoms with Gasteiger partial charge in [-0.15, -0.1) is 0 Å². The van der Waals surface area contributed by atoms with Crippen molar-refractivity contribution in [3.8, 4) is 0 Å². The van der Waals surface area contributed by atoms with E-state index in [0.29, 0.717) is 12.1 Å². The van der Waals surface area contributed by atoms with E-state index in [4.69, 9.17) is 5.11 Å². The van der Waals surface area contributed by atoms with Gasteiger partial charge in [-0.25, -0.2) is 5.01 Å². The standard InChI is InChI=1S/C10H14N2O4/c13-8-3-1-2-7(8)12-9(14)4-6(11-12)5-10(15)16/h7-8,13H,1-5H2,(H,15,16). The molecule has 0 aromatic rings. The van der Waals surface area contributed by atoms with Gasteiger partial charge in [-0.3, -0.25) is 9.59 Å². The minimum absolute atomic E-state index is 0.0650. The Morgan fingerprint density at radius 1 is 1.50 bits per heavy atom. The van der Waals surface area contributed by atoms with Crippen LogP contribution in [0.15, 0.2) is 5.10 Å². The van der Waals surface area contributed by atoms with Crippen LogP contribution in [0.4, 0.5) is 0 Å². The van der Waals surface area contributed by atoms with Crippen LogP contribution in [0.2, 0.25) is 0 Å². The minimum atomic E-state index is -0.986. The Hall–Kier alpha value is -1.43. The second-order valence-corrected chi connectivity index (χ2v) is 4.22. The Kier molecular flexibility index (Phi) is 2.91. The van der Waals surface area contributed by atoms with Crippen molar-refractivity contribution in [2.45, 2.75) is 44.2 Å². The van der Waals surface area contributed by atoms with Crippen LogP contribution in [-0.2, 0) is 9.59 Å². The maximum absolute atomic E-state index is 11.6. The predicted octanol–water partition coefficient (Wildman–Crippen LogP) is -0.0372. The SMILES string of the molecule is O=C(O)CC1=NN(C2CCCC2O)C(=O)C1. The fourth-order valence-electron chi connectivity index (χ4n) is 2.24. The number of aliphatic hydroxyl groups is 1. The highest BCUT2D eigenvalue weighted by Gasteiger charge is 2.37. The molecular formula is C10H14N2O4. The van der Waals surface area contributed by atoms with Crippen LogP contribution in [0.1, 0.15) is 32.1 Å². The number of aliphatic hydroxyl groups excluding tert-OH is 1. The third kappa shape index (κ3) is 2.06. The normalized spacial score (nSPS) is 29.7. The minimum Gasteiger partial charge on any atom is -0.481 e. The smallest absolute Gasteiger partial charge is 0.309 e. The van der Waals surface area contributed by atoms with Gasteiger partial charge in [0.15, 0.2) is 0 Å². The first-order valence-electron chi connectivity index (χ1n) is 5.36. The fraction of sp³-hybridized carbons (Fsp3) is 0.700. The lowest BCUT2D eigenvalue weighted by molar-refractivity contribution is -0.135. The summed E-state index contributed by atoms with van der Waals surface area (Å²) in [6.07, 6.45) is 1.62. The number of carbonyl (C=O) groups excluding carboxylic acids is 1. The molecule has 1 aliphatic carbocycles. The van der Waals surface area contributed by atoms with Crippen molar-refractivity contribution >= 4 is 17.6 Å². The molecule has 2 unspecified atom stereocenters. The number of rotatable bonds is 3. The number of carboxylic acids is 1. The summed E-state index contributed by atoms with van der Waals surface area (Å²) in [5.41, 5.74) is 0.372. The van der Waals surface area contributed by atoms with E-state index in [1.807, 2.05) is 0 Å². The lowest BCUT2D eigenvalue weighted by atomic mass is 10.2. The molecule has 88 valence electrons. The molecule has 0 aromatic carbocycles. The van der Waals surface area contributed by atoms with E-state index < -0.39 is 12.1 Å². The molecule has 0 saturated heterocycles. The van der Waals surface area contributed by atoms with Gasteiger partial charge in [-0.2, -0.15) is 5.10 Å². The summed E-state index contributed by atoms with van der Waals surface area (Å²) in [4.78, 5) is 22.1. The lowest BCUT2D eigenvalue weighted by Crippen LogP contribution is -2.38. The molecule has 1 amide bonds. The molecule has 6 heteroatoms. The summed E-state index contributed by atoms with van der Waals surface area (Å²) in [5.74, 6) is -1.19. The van der Waals surface area contributed by atoms with Crippen LogP contribution < -0.4 is 0 Å².